The number of hydrogen-bond acceptors (Lipinski definition) is 5. The third kappa shape index (κ3) is 2.70. The van der Waals surface area contributed by atoms with E-state index in [-0.39, 0.29) is 11.9 Å². The highest BCUT2D eigenvalue weighted by atomic mass is 32.1. The zero-order valence-corrected chi connectivity index (χ0v) is 12.3. The molecule has 1 aliphatic rings. The number of aryl methyl sites for hydroxylation is 1. The maximum absolute atomic E-state index is 12.1. The van der Waals surface area contributed by atoms with Crippen molar-refractivity contribution in [2.24, 2.45) is 0 Å². The molecule has 1 saturated heterocycles. The molecule has 4 nitrogen and oxygen atoms in total. The Hall–Kier alpha value is -1.24. The number of thiazole rings is 1. The lowest BCUT2D eigenvalue weighted by molar-refractivity contribution is -0.129. The molecule has 3 rings (SSSR count). The molecule has 2 aromatic heterocycles. The van der Waals surface area contributed by atoms with Crippen molar-refractivity contribution in [1.29, 1.82) is 0 Å². The molecule has 1 atom stereocenters. The summed E-state index contributed by atoms with van der Waals surface area (Å²) in [5.74, 6) is 0.0978. The highest BCUT2D eigenvalue weighted by Crippen LogP contribution is 2.28. The largest absolute Gasteiger partial charge is 0.353 e. The topological polar surface area (TPSA) is 45.2 Å². The average molecular weight is 293 g/mol. The van der Waals surface area contributed by atoms with E-state index in [0.29, 0.717) is 6.54 Å². The maximum atomic E-state index is 12.1. The predicted octanol–water partition coefficient (Wildman–Crippen LogP) is 2.19. The van der Waals surface area contributed by atoms with Gasteiger partial charge in [0, 0.05) is 29.9 Å². The summed E-state index contributed by atoms with van der Waals surface area (Å²) in [6, 6.07) is 3.85. The Labute approximate surface area is 120 Å². The smallest absolute Gasteiger partial charge is 0.242 e. The van der Waals surface area contributed by atoms with Crippen molar-refractivity contribution in [2.75, 3.05) is 13.1 Å². The second-order valence-electron chi connectivity index (χ2n) is 4.54. The molecule has 1 amide bonds. The van der Waals surface area contributed by atoms with Gasteiger partial charge >= 0.3 is 0 Å². The molecule has 0 aromatic carbocycles. The van der Waals surface area contributed by atoms with Crippen LogP contribution in [0.5, 0.6) is 0 Å². The van der Waals surface area contributed by atoms with Crippen LogP contribution >= 0.6 is 22.7 Å². The molecule has 0 bridgehead atoms. The zero-order valence-electron chi connectivity index (χ0n) is 10.6. The Morgan fingerprint density at radius 1 is 1.53 bits per heavy atom. The van der Waals surface area contributed by atoms with E-state index in [9.17, 15) is 4.79 Å². The van der Waals surface area contributed by atoms with Crippen LogP contribution in [0.3, 0.4) is 0 Å². The molecule has 100 valence electrons. The van der Waals surface area contributed by atoms with Crippen LogP contribution in [0.15, 0.2) is 22.9 Å². The first-order valence-electron chi connectivity index (χ1n) is 6.20. The molecule has 6 heteroatoms. The Kier molecular flexibility index (Phi) is 3.63. The fourth-order valence-electron chi connectivity index (χ4n) is 2.33. The maximum Gasteiger partial charge on any atom is 0.242 e. The molecular weight excluding hydrogens is 278 g/mol. The monoisotopic (exact) mass is 293 g/mol. The average Bonchev–Trinajstić information content (AvgIpc) is 3.01. The number of carbonyl (C=O) groups excluding carboxylic acids is 1. The van der Waals surface area contributed by atoms with Gasteiger partial charge < -0.3 is 5.32 Å². The molecule has 1 aliphatic heterocycles. The minimum atomic E-state index is -0.171. The van der Waals surface area contributed by atoms with Gasteiger partial charge in [-0.25, -0.2) is 4.98 Å². The van der Waals surface area contributed by atoms with E-state index in [2.05, 4.69) is 20.6 Å². The molecule has 1 fully saturated rings. The van der Waals surface area contributed by atoms with Crippen LogP contribution < -0.4 is 5.32 Å². The second-order valence-corrected chi connectivity index (χ2v) is 6.58. The number of hydrogen-bond donors (Lipinski definition) is 1. The lowest BCUT2D eigenvalue weighted by atomic mass is 10.1. The van der Waals surface area contributed by atoms with Gasteiger partial charge in [-0.1, -0.05) is 6.07 Å². The quantitative estimate of drug-likeness (QED) is 0.943. The molecule has 0 spiro atoms. The van der Waals surface area contributed by atoms with E-state index < -0.39 is 0 Å². The van der Waals surface area contributed by atoms with Gasteiger partial charge in [-0.3, -0.25) is 9.69 Å². The van der Waals surface area contributed by atoms with Crippen LogP contribution in [0, 0.1) is 6.92 Å². The number of nitrogens with one attached hydrogen (secondary N) is 1. The van der Waals surface area contributed by atoms with Gasteiger partial charge in [0.1, 0.15) is 6.04 Å². The lowest BCUT2D eigenvalue weighted by Gasteiger charge is -2.33. The number of piperazine rings is 1. The number of amides is 1. The fourth-order valence-corrected chi connectivity index (χ4v) is 3.79. The molecule has 2 aromatic rings. The third-order valence-corrected chi connectivity index (χ3v) is 4.90. The van der Waals surface area contributed by atoms with Crippen molar-refractivity contribution in [3.8, 4) is 0 Å². The molecule has 3 heterocycles. The summed E-state index contributed by atoms with van der Waals surface area (Å²) < 4.78 is 0. The van der Waals surface area contributed by atoms with Crippen molar-refractivity contribution in [3.05, 3.63) is 38.5 Å². The van der Waals surface area contributed by atoms with Gasteiger partial charge in [0.2, 0.25) is 5.91 Å². The van der Waals surface area contributed by atoms with Gasteiger partial charge in [0.05, 0.1) is 10.7 Å². The van der Waals surface area contributed by atoms with Crippen molar-refractivity contribution < 1.29 is 4.79 Å². The standard InChI is InChI=1S/C13H15N3OS2/c1-9-15-10(8-19-9)7-16-5-4-14-13(17)12(16)11-3-2-6-18-11/h2-3,6,8,12H,4-5,7H2,1H3,(H,14,17). The summed E-state index contributed by atoms with van der Waals surface area (Å²) in [4.78, 5) is 19.9. The summed E-state index contributed by atoms with van der Waals surface area (Å²) >= 11 is 3.29. The van der Waals surface area contributed by atoms with E-state index in [1.54, 1.807) is 22.7 Å². The number of nitrogens with zero attached hydrogens (tertiary/aromatic N) is 2. The molecule has 1 N–H and O–H groups in total. The molecule has 0 aliphatic carbocycles. The summed E-state index contributed by atoms with van der Waals surface area (Å²) in [6.45, 7) is 4.32. The van der Waals surface area contributed by atoms with Crippen molar-refractivity contribution in [1.82, 2.24) is 15.2 Å². The number of aromatic nitrogens is 1. The van der Waals surface area contributed by atoms with Crippen LogP contribution in [0.1, 0.15) is 21.6 Å². The second kappa shape index (κ2) is 5.40. The summed E-state index contributed by atoms with van der Waals surface area (Å²) in [7, 11) is 0. The predicted molar refractivity (Wildman–Crippen MR) is 77.3 cm³/mol. The third-order valence-electron chi connectivity index (χ3n) is 3.16. The molecule has 0 radical (unpaired) electrons. The van der Waals surface area contributed by atoms with E-state index in [1.807, 2.05) is 24.4 Å². The Bertz CT molecular complexity index is 564. The van der Waals surface area contributed by atoms with E-state index >= 15 is 0 Å². The first kappa shape index (κ1) is 12.8. The fraction of sp³-hybridized carbons (Fsp3) is 0.385. The molecule has 1 unspecified atom stereocenters. The Morgan fingerprint density at radius 2 is 2.42 bits per heavy atom. The number of rotatable bonds is 3. The molecular formula is C13H15N3OS2. The van der Waals surface area contributed by atoms with Crippen molar-refractivity contribution in [3.63, 3.8) is 0 Å². The summed E-state index contributed by atoms with van der Waals surface area (Å²) in [5, 5.41) is 8.12. The van der Waals surface area contributed by atoms with Gasteiger partial charge in [-0.2, -0.15) is 0 Å². The molecule has 0 saturated carbocycles. The first-order chi connectivity index (χ1) is 9.24. The Morgan fingerprint density at radius 3 is 3.11 bits per heavy atom. The normalized spacial score (nSPS) is 20.5. The zero-order chi connectivity index (χ0) is 13.2. The summed E-state index contributed by atoms with van der Waals surface area (Å²) in [5.41, 5.74) is 1.05. The van der Waals surface area contributed by atoms with Crippen LogP contribution in [0.2, 0.25) is 0 Å². The van der Waals surface area contributed by atoms with Crippen LogP contribution in [-0.4, -0.2) is 28.9 Å². The Balaban J connectivity index is 1.83. The van der Waals surface area contributed by atoms with Crippen molar-refractivity contribution >= 4 is 28.6 Å². The van der Waals surface area contributed by atoms with Gasteiger partial charge in [-0.15, -0.1) is 22.7 Å². The van der Waals surface area contributed by atoms with E-state index in [4.69, 9.17) is 0 Å². The highest BCUT2D eigenvalue weighted by molar-refractivity contribution is 7.10. The highest BCUT2D eigenvalue weighted by Gasteiger charge is 2.32. The number of carbonyl (C=O) groups is 1. The van der Waals surface area contributed by atoms with Gasteiger partial charge in [0.25, 0.3) is 0 Å². The number of thiophene rings is 1. The van der Waals surface area contributed by atoms with Crippen LogP contribution in [0.25, 0.3) is 0 Å². The minimum Gasteiger partial charge on any atom is -0.353 e. The minimum absolute atomic E-state index is 0.0978. The van der Waals surface area contributed by atoms with Crippen molar-refractivity contribution in [2.45, 2.75) is 19.5 Å². The molecule has 19 heavy (non-hydrogen) atoms. The summed E-state index contributed by atoms with van der Waals surface area (Å²) in [6.07, 6.45) is 0. The van der Waals surface area contributed by atoms with E-state index in [0.717, 1.165) is 28.7 Å². The van der Waals surface area contributed by atoms with E-state index in [1.165, 1.54) is 0 Å². The van der Waals surface area contributed by atoms with Crippen LogP contribution in [0.4, 0.5) is 0 Å². The first-order valence-corrected chi connectivity index (χ1v) is 7.96. The van der Waals surface area contributed by atoms with Gasteiger partial charge in [-0.05, 0) is 18.4 Å². The lowest BCUT2D eigenvalue weighted by Crippen LogP contribution is -2.49. The van der Waals surface area contributed by atoms with Gasteiger partial charge in [0.15, 0.2) is 0 Å². The van der Waals surface area contributed by atoms with Crippen LogP contribution in [-0.2, 0) is 11.3 Å². The SMILES string of the molecule is Cc1nc(CN2CCNC(=O)C2c2cccs2)cs1.